The number of aryl methyl sites for hydroxylation is 1. The van der Waals surface area contributed by atoms with Gasteiger partial charge in [-0.15, -0.1) is 24.0 Å². The van der Waals surface area contributed by atoms with Crippen LogP contribution in [-0.4, -0.2) is 24.6 Å². The van der Waals surface area contributed by atoms with Crippen LogP contribution in [0.5, 0.6) is 5.88 Å². The highest BCUT2D eigenvalue weighted by molar-refractivity contribution is 14.0. The Morgan fingerprint density at radius 1 is 1.23 bits per heavy atom. The lowest BCUT2D eigenvalue weighted by Crippen LogP contribution is -2.36. The SMILES string of the molecule is CCCOc1ncccc1CNC(=NC)NCc1ccc(F)c(C)c1.I. The maximum atomic E-state index is 13.3. The molecule has 0 amide bonds. The zero-order valence-electron chi connectivity index (χ0n) is 15.4. The number of benzene rings is 1. The average molecular weight is 472 g/mol. The van der Waals surface area contributed by atoms with Crippen LogP contribution in [0.1, 0.15) is 30.0 Å². The van der Waals surface area contributed by atoms with Gasteiger partial charge in [-0.05, 0) is 36.6 Å². The zero-order valence-corrected chi connectivity index (χ0v) is 17.7. The first kappa shape index (κ1) is 22.1. The Balaban J connectivity index is 0.00000338. The zero-order chi connectivity index (χ0) is 18.1. The first-order valence-electron chi connectivity index (χ1n) is 8.40. The van der Waals surface area contributed by atoms with Crippen molar-refractivity contribution < 1.29 is 9.13 Å². The molecule has 0 fully saturated rings. The lowest BCUT2D eigenvalue weighted by atomic mass is 10.1. The standard InChI is InChI=1S/C19H25FN4O.HI/c1-4-10-25-18-16(6-5-9-22-18)13-24-19(21-3)23-12-15-7-8-17(20)14(2)11-15;/h5-9,11H,4,10,12-13H2,1-3H3,(H2,21,23,24);1H. The minimum absolute atomic E-state index is 0. The van der Waals surface area contributed by atoms with E-state index in [9.17, 15) is 4.39 Å². The molecule has 0 aliphatic rings. The van der Waals surface area contributed by atoms with Crippen molar-refractivity contribution in [3.05, 3.63) is 59.0 Å². The van der Waals surface area contributed by atoms with Crippen molar-refractivity contribution in [1.82, 2.24) is 15.6 Å². The van der Waals surface area contributed by atoms with E-state index in [-0.39, 0.29) is 29.8 Å². The Hall–Kier alpha value is -1.90. The summed E-state index contributed by atoms with van der Waals surface area (Å²) in [5.41, 5.74) is 2.60. The van der Waals surface area contributed by atoms with Crippen molar-refractivity contribution >= 4 is 29.9 Å². The molecule has 0 unspecified atom stereocenters. The Labute approximate surface area is 171 Å². The minimum atomic E-state index is -0.192. The molecule has 7 heteroatoms. The first-order valence-corrected chi connectivity index (χ1v) is 8.40. The molecule has 0 aliphatic carbocycles. The molecule has 26 heavy (non-hydrogen) atoms. The fourth-order valence-corrected chi connectivity index (χ4v) is 2.29. The fraction of sp³-hybridized carbons (Fsp3) is 0.368. The van der Waals surface area contributed by atoms with Crippen molar-refractivity contribution in [3.63, 3.8) is 0 Å². The van der Waals surface area contributed by atoms with E-state index < -0.39 is 0 Å². The smallest absolute Gasteiger partial charge is 0.218 e. The normalized spacial score (nSPS) is 10.8. The second kappa shape index (κ2) is 11.7. The first-order chi connectivity index (χ1) is 12.1. The maximum absolute atomic E-state index is 13.3. The number of hydrogen-bond acceptors (Lipinski definition) is 3. The lowest BCUT2D eigenvalue weighted by molar-refractivity contribution is 0.301. The number of pyridine rings is 1. The van der Waals surface area contributed by atoms with E-state index in [4.69, 9.17) is 4.74 Å². The number of nitrogens with one attached hydrogen (secondary N) is 2. The number of ether oxygens (including phenoxy) is 1. The Bertz CT molecular complexity index is 724. The number of aliphatic imine (C=N–C) groups is 1. The molecule has 0 atom stereocenters. The molecule has 142 valence electrons. The monoisotopic (exact) mass is 472 g/mol. The number of guanidine groups is 1. The summed E-state index contributed by atoms with van der Waals surface area (Å²) < 4.78 is 19.0. The molecule has 2 aromatic rings. The van der Waals surface area contributed by atoms with Gasteiger partial charge in [-0.25, -0.2) is 9.37 Å². The summed E-state index contributed by atoms with van der Waals surface area (Å²) in [5, 5.41) is 6.46. The molecular weight excluding hydrogens is 446 g/mol. The molecular formula is C19H26FIN4O. The molecule has 1 heterocycles. The highest BCUT2D eigenvalue weighted by Gasteiger charge is 2.06. The largest absolute Gasteiger partial charge is 0.477 e. The molecule has 2 N–H and O–H groups in total. The van der Waals surface area contributed by atoms with E-state index in [1.807, 2.05) is 18.2 Å². The van der Waals surface area contributed by atoms with Crippen LogP contribution in [-0.2, 0) is 13.1 Å². The molecule has 0 radical (unpaired) electrons. The van der Waals surface area contributed by atoms with Crippen LogP contribution in [0.3, 0.4) is 0 Å². The summed E-state index contributed by atoms with van der Waals surface area (Å²) in [6.07, 6.45) is 2.65. The predicted molar refractivity (Wildman–Crippen MR) is 114 cm³/mol. The van der Waals surface area contributed by atoms with Gasteiger partial charge < -0.3 is 15.4 Å². The van der Waals surface area contributed by atoms with Crippen LogP contribution in [0.2, 0.25) is 0 Å². The number of halogens is 2. The van der Waals surface area contributed by atoms with Crippen LogP contribution in [0.4, 0.5) is 4.39 Å². The lowest BCUT2D eigenvalue weighted by Gasteiger charge is -2.14. The van der Waals surface area contributed by atoms with E-state index in [1.165, 1.54) is 6.07 Å². The number of hydrogen-bond donors (Lipinski definition) is 2. The van der Waals surface area contributed by atoms with Gasteiger partial charge in [-0.2, -0.15) is 0 Å². The fourth-order valence-electron chi connectivity index (χ4n) is 2.29. The molecule has 5 nitrogen and oxygen atoms in total. The second-order valence-corrected chi connectivity index (χ2v) is 5.68. The van der Waals surface area contributed by atoms with E-state index >= 15 is 0 Å². The molecule has 0 bridgehead atoms. The van der Waals surface area contributed by atoms with Crippen molar-refractivity contribution in [2.45, 2.75) is 33.4 Å². The third-order valence-electron chi connectivity index (χ3n) is 3.65. The van der Waals surface area contributed by atoms with Gasteiger partial charge in [0.15, 0.2) is 5.96 Å². The third-order valence-corrected chi connectivity index (χ3v) is 3.65. The van der Waals surface area contributed by atoms with Crippen LogP contribution in [0.15, 0.2) is 41.5 Å². The van der Waals surface area contributed by atoms with Crippen molar-refractivity contribution in [2.24, 2.45) is 4.99 Å². The van der Waals surface area contributed by atoms with Crippen LogP contribution in [0, 0.1) is 12.7 Å². The van der Waals surface area contributed by atoms with Crippen LogP contribution < -0.4 is 15.4 Å². The second-order valence-electron chi connectivity index (χ2n) is 5.68. The predicted octanol–water partition coefficient (Wildman–Crippen LogP) is 3.80. The van der Waals surface area contributed by atoms with Crippen molar-refractivity contribution in [3.8, 4) is 5.88 Å². The topological polar surface area (TPSA) is 58.5 Å². The van der Waals surface area contributed by atoms with E-state index in [1.54, 1.807) is 26.2 Å². The van der Waals surface area contributed by atoms with E-state index in [0.717, 1.165) is 17.5 Å². The summed E-state index contributed by atoms with van der Waals surface area (Å²) >= 11 is 0. The molecule has 0 aliphatic heterocycles. The van der Waals surface area contributed by atoms with Crippen molar-refractivity contribution in [1.29, 1.82) is 0 Å². The quantitative estimate of drug-likeness (QED) is 0.366. The molecule has 2 rings (SSSR count). The summed E-state index contributed by atoms with van der Waals surface area (Å²) in [4.78, 5) is 8.48. The average Bonchev–Trinajstić information content (AvgIpc) is 2.63. The number of rotatable bonds is 7. The Kier molecular flexibility index (Phi) is 9.93. The maximum Gasteiger partial charge on any atom is 0.218 e. The van der Waals surface area contributed by atoms with Gasteiger partial charge in [-0.1, -0.05) is 25.1 Å². The Morgan fingerprint density at radius 3 is 2.69 bits per heavy atom. The molecule has 0 spiro atoms. The number of aromatic nitrogens is 1. The Morgan fingerprint density at radius 2 is 2.00 bits per heavy atom. The van der Waals surface area contributed by atoms with E-state index in [0.29, 0.717) is 37.1 Å². The van der Waals surface area contributed by atoms with Gasteiger partial charge in [0.05, 0.1) is 6.61 Å². The highest BCUT2D eigenvalue weighted by atomic mass is 127. The van der Waals surface area contributed by atoms with Gasteiger partial charge in [0.1, 0.15) is 5.82 Å². The van der Waals surface area contributed by atoms with Crippen LogP contribution in [0.25, 0.3) is 0 Å². The summed E-state index contributed by atoms with van der Waals surface area (Å²) in [6.45, 7) is 5.57. The molecule has 1 aromatic carbocycles. The van der Waals surface area contributed by atoms with Gasteiger partial charge in [-0.3, -0.25) is 4.99 Å². The summed E-state index contributed by atoms with van der Waals surface area (Å²) in [7, 11) is 1.71. The van der Waals surface area contributed by atoms with Gasteiger partial charge >= 0.3 is 0 Å². The van der Waals surface area contributed by atoms with Gasteiger partial charge in [0.2, 0.25) is 5.88 Å². The molecule has 0 saturated carbocycles. The summed E-state index contributed by atoms with van der Waals surface area (Å²) in [5.74, 6) is 1.11. The molecule has 1 aromatic heterocycles. The molecule has 0 saturated heterocycles. The van der Waals surface area contributed by atoms with Gasteiger partial charge in [0, 0.05) is 31.9 Å². The minimum Gasteiger partial charge on any atom is -0.477 e. The summed E-state index contributed by atoms with van der Waals surface area (Å²) in [6, 6.07) is 8.93. The van der Waals surface area contributed by atoms with E-state index in [2.05, 4.69) is 27.5 Å². The number of nitrogens with zero attached hydrogens (tertiary/aromatic N) is 2. The van der Waals surface area contributed by atoms with Gasteiger partial charge in [0.25, 0.3) is 0 Å². The highest BCUT2D eigenvalue weighted by Crippen LogP contribution is 2.14. The van der Waals surface area contributed by atoms with Crippen LogP contribution >= 0.6 is 24.0 Å². The van der Waals surface area contributed by atoms with Crippen molar-refractivity contribution in [2.75, 3.05) is 13.7 Å². The third kappa shape index (κ3) is 6.78.